The molecular formula is C29H33FN10. The van der Waals surface area contributed by atoms with Gasteiger partial charge in [-0.05, 0) is 36.4 Å². The number of halogens is 1. The van der Waals surface area contributed by atoms with Gasteiger partial charge in [-0.1, -0.05) is 30.3 Å². The lowest BCUT2D eigenvalue weighted by Gasteiger charge is -2.34. The van der Waals surface area contributed by atoms with E-state index in [1.54, 1.807) is 0 Å². The lowest BCUT2D eigenvalue weighted by molar-refractivity contribution is 0.311. The molecule has 2 aromatic heterocycles. The van der Waals surface area contributed by atoms with Crippen LogP contribution in [-0.2, 0) is 6.42 Å². The van der Waals surface area contributed by atoms with Crippen LogP contribution in [0.3, 0.4) is 0 Å². The van der Waals surface area contributed by atoms with E-state index in [9.17, 15) is 4.39 Å². The van der Waals surface area contributed by atoms with E-state index in [0.29, 0.717) is 23.3 Å². The molecule has 11 heteroatoms. The lowest BCUT2D eigenvalue weighted by atomic mass is 10.1. The molecule has 2 fully saturated rings. The van der Waals surface area contributed by atoms with Gasteiger partial charge in [0.25, 0.3) is 0 Å². The smallest absolute Gasteiger partial charge is 0.232 e. The molecular weight excluding hydrogens is 507 g/mol. The van der Waals surface area contributed by atoms with Crippen molar-refractivity contribution in [1.82, 2.24) is 29.8 Å². The SMILES string of the molecule is CN1CCN(c2ccc(Nc3ncnc(N4CCN(c5ncc(Cc6ccccc6)cn5)CC4)n3)cc2F)CC1. The van der Waals surface area contributed by atoms with E-state index in [0.717, 1.165) is 70.3 Å². The largest absolute Gasteiger partial charge is 0.367 e. The molecule has 2 saturated heterocycles. The van der Waals surface area contributed by atoms with Crippen LogP contribution in [0, 0.1) is 5.82 Å². The molecule has 0 unspecified atom stereocenters. The molecule has 0 radical (unpaired) electrons. The second kappa shape index (κ2) is 11.8. The Balaban J connectivity index is 1.04. The Morgan fingerprint density at radius 2 is 1.40 bits per heavy atom. The van der Waals surface area contributed by atoms with Crippen molar-refractivity contribution in [2.75, 3.05) is 79.4 Å². The van der Waals surface area contributed by atoms with Crippen LogP contribution in [0.15, 0.2) is 67.3 Å². The van der Waals surface area contributed by atoms with Gasteiger partial charge in [0.2, 0.25) is 17.8 Å². The van der Waals surface area contributed by atoms with Crippen molar-refractivity contribution in [3.63, 3.8) is 0 Å². The summed E-state index contributed by atoms with van der Waals surface area (Å²) in [6.45, 7) is 6.45. The first-order valence-corrected chi connectivity index (χ1v) is 13.6. The van der Waals surface area contributed by atoms with Gasteiger partial charge >= 0.3 is 0 Å². The second-order valence-electron chi connectivity index (χ2n) is 10.2. The highest BCUT2D eigenvalue weighted by molar-refractivity contribution is 5.60. The first-order valence-electron chi connectivity index (χ1n) is 13.6. The molecule has 2 aliphatic heterocycles. The number of hydrogen-bond donors (Lipinski definition) is 1. The van der Waals surface area contributed by atoms with E-state index in [4.69, 9.17) is 0 Å². The molecule has 0 atom stereocenters. The van der Waals surface area contributed by atoms with E-state index < -0.39 is 0 Å². The molecule has 40 heavy (non-hydrogen) atoms. The Labute approximate surface area is 233 Å². The fourth-order valence-electron chi connectivity index (χ4n) is 5.06. The summed E-state index contributed by atoms with van der Waals surface area (Å²) in [5, 5.41) is 3.13. The minimum absolute atomic E-state index is 0.254. The van der Waals surface area contributed by atoms with Crippen molar-refractivity contribution in [3.05, 3.63) is 84.2 Å². The van der Waals surface area contributed by atoms with Gasteiger partial charge in [-0.15, -0.1) is 0 Å². The molecule has 2 aromatic carbocycles. The van der Waals surface area contributed by atoms with Gasteiger partial charge in [-0.2, -0.15) is 4.98 Å². The fourth-order valence-corrected chi connectivity index (χ4v) is 5.06. The number of hydrogen-bond acceptors (Lipinski definition) is 10. The molecule has 0 saturated carbocycles. The summed E-state index contributed by atoms with van der Waals surface area (Å²) in [6.07, 6.45) is 6.12. The minimum Gasteiger partial charge on any atom is -0.367 e. The number of nitrogens with one attached hydrogen (secondary N) is 1. The number of anilines is 5. The summed E-state index contributed by atoms with van der Waals surface area (Å²) in [7, 11) is 2.09. The Morgan fingerprint density at radius 1 is 0.725 bits per heavy atom. The maximum atomic E-state index is 14.9. The average molecular weight is 541 g/mol. The Bertz CT molecular complexity index is 1400. The number of rotatable bonds is 7. The van der Waals surface area contributed by atoms with E-state index in [1.807, 2.05) is 42.7 Å². The summed E-state index contributed by atoms with van der Waals surface area (Å²) in [5.74, 6) is 1.45. The van der Waals surface area contributed by atoms with Gasteiger partial charge in [0.1, 0.15) is 12.1 Å². The third-order valence-corrected chi connectivity index (χ3v) is 7.40. The van der Waals surface area contributed by atoms with Gasteiger partial charge in [-0.25, -0.2) is 24.3 Å². The maximum Gasteiger partial charge on any atom is 0.232 e. The number of aromatic nitrogens is 5. The quantitative estimate of drug-likeness (QED) is 0.377. The topological polar surface area (TPSA) is 89.4 Å². The predicted octanol–water partition coefficient (Wildman–Crippen LogP) is 3.21. The molecule has 0 aliphatic carbocycles. The molecule has 0 bridgehead atoms. The highest BCUT2D eigenvalue weighted by Crippen LogP contribution is 2.25. The molecule has 4 aromatic rings. The van der Waals surface area contributed by atoms with Crippen LogP contribution in [0.2, 0.25) is 0 Å². The number of piperazine rings is 2. The van der Waals surface area contributed by atoms with Crippen molar-refractivity contribution in [2.45, 2.75) is 6.42 Å². The minimum atomic E-state index is -0.254. The lowest BCUT2D eigenvalue weighted by Crippen LogP contribution is -2.47. The molecule has 6 rings (SSSR count). The van der Waals surface area contributed by atoms with Crippen LogP contribution in [0.4, 0.5) is 33.6 Å². The molecule has 10 nitrogen and oxygen atoms in total. The zero-order chi connectivity index (χ0) is 27.3. The van der Waals surface area contributed by atoms with E-state index >= 15 is 0 Å². The van der Waals surface area contributed by atoms with Crippen molar-refractivity contribution >= 4 is 29.2 Å². The van der Waals surface area contributed by atoms with Crippen LogP contribution >= 0.6 is 0 Å². The molecule has 2 aliphatic rings. The number of benzene rings is 2. The summed E-state index contributed by atoms with van der Waals surface area (Å²) in [4.78, 5) is 31.1. The van der Waals surface area contributed by atoms with E-state index in [1.165, 1.54) is 18.0 Å². The van der Waals surface area contributed by atoms with Gasteiger partial charge < -0.3 is 24.9 Å². The summed E-state index contributed by atoms with van der Waals surface area (Å²) < 4.78 is 14.9. The Hall–Kier alpha value is -4.38. The van der Waals surface area contributed by atoms with Crippen LogP contribution in [0.5, 0.6) is 0 Å². The average Bonchev–Trinajstić information content (AvgIpc) is 2.99. The van der Waals surface area contributed by atoms with Crippen molar-refractivity contribution in [2.24, 2.45) is 0 Å². The summed E-state index contributed by atoms with van der Waals surface area (Å²) >= 11 is 0. The van der Waals surface area contributed by atoms with Crippen LogP contribution < -0.4 is 20.0 Å². The summed E-state index contributed by atoms with van der Waals surface area (Å²) in [5.41, 5.74) is 3.56. The predicted molar refractivity (Wildman–Crippen MR) is 155 cm³/mol. The van der Waals surface area contributed by atoms with Crippen molar-refractivity contribution in [1.29, 1.82) is 0 Å². The second-order valence-corrected chi connectivity index (χ2v) is 10.2. The molecule has 0 amide bonds. The van der Waals surface area contributed by atoms with Crippen LogP contribution in [-0.4, -0.2) is 89.2 Å². The van der Waals surface area contributed by atoms with Crippen molar-refractivity contribution < 1.29 is 4.39 Å². The first-order chi connectivity index (χ1) is 19.6. The van der Waals surface area contributed by atoms with Gasteiger partial charge in [-0.3, -0.25) is 0 Å². The van der Waals surface area contributed by atoms with Crippen molar-refractivity contribution in [3.8, 4) is 0 Å². The molecule has 4 heterocycles. The third kappa shape index (κ3) is 6.09. The fraction of sp³-hybridized carbons (Fsp3) is 0.345. The standard InChI is InChI=1S/C29H33FN10/c1-37-9-11-38(12-10-37)26-8-7-24(18-25(26)30)35-27-33-21-34-29(36-27)40-15-13-39(14-16-40)28-31-19-23(20-32-28)17-22-5-3-2-4-6-22/h2-8,18-21H,9-17H2,1H3,(H,33,34,35,36). The number of nitrogens with zero attached hydrogens (tertiary/aromatic N) is 9. The molecule has 206 valence electrons. The normalized spacial score (nSPS) is 16.3. The maximum absolute atomic E-state index is 14.9. The third-order valence-electron chi connectivity index (χ3n) is 7.40. The monoisotopic (exact) mass is 540 g/mol. The van der Waals surface area contributed by atoms with E-state index in [2.05, 4.69) is 69.0 Å². The van der Waals surface area contributed by atoms with Gasteiger partial charge in [0, 0.05) is 76.9 Å². The van der Waals surface area contributed by atoms with E-state index in [-0.39, 0.29) is 5.82 Å². The van der Waals surface area contributed by atoms with Crippen LogP contribution in [0.1, 0.15) is 11.1 Å². The highest BCUT2D eigenvalue weighted by Gasteiger charge is 2.22. The Kier molecular flexibility index (Phi) is 7.62. The zero-order valence-electron chi connectivity index (χ0n) is 22.6. The molecule has 1 N–H and O–H groups in total. The highest BCUT2D eigenvalue weighted by atomic mass is 19.1. The number of likely N-dealkylation sites (N-methyl/N-ethyl adjacent to an activating group) is 1. The first kappa shape index (κ1) is 25.9. The van der Waals surface area contributed by atoms with Gasteiger partial charge in [0.05, 0.1) is 5.69 Å². The van der Waals surface area contributed by atoms with Gasteiger partial charge in [0.15, 0.2) is 0 Å². The Morgan fingerprint density at radius 3 is 2.10 bits per heavy atom. The summed E-state index contributed by atoms with van der Waals surface area (Å²) in [6, 6.07) is 15.5. The molecule has 0 spiro atoms. The zero-order valence-corrected chi connectivity index (χ0v) is 22.6. The van der Waals surface area contributed by atoms with Crippen LogP contribution in [0.25, 0.3) is 0 Å².